The predicted octanol–water partition coefficient (Wildman–Crippen LogP) is 5.25. The van der Waals surface area contributed by atoms with Crippen molar-refractivity contribution in [2.45, 2.75) is 45.1 Å². The van der Waals surface area contributed by atoms with Crippen molar-refractivity contribution in [2.75, 3.05) is 0 Å². The summed E-state index contributed by atoms with van der Waals surface area (Å²) in [6.45, 7) is 4.46. The first kappa shape index (κ1) is 15.2. The van der Waals surface area contributed by atoms with E-state index < -0.39 is 0 Å². The Labute approximate surface area is 138 Å². The molecule has 1 aromatic carbocycles. The quantitative estimate of drug-likeness (QED) is 0.790. The van der Waals surface area contributed by atoms with E-state index >= 15 is 0 Å². The molecule has 21 heavy (non-hydrogen) atoms. The first-order valence-corrected chi connectivity index (χ1v) is 9.11. The van der Waals surface area contributed by atoms with Gasteiger partial charge in [-0.3, -0.25) is 0 Å². The summed E-state index contributed by atoms with van der Waals surface area (Å²) in [7, 11) is 0. The van der Waals surface area contributed by atoms with E-state index in [1.807, 2.05) is 6.07 Å². The van der Waals surface area contributed by atoms with Crippen LogP contribution in [-0.4, -0.2) is 4.98 Å². The SMILES string of the molecule is Cc1sc(C2(N)CCC(C)CC2)nc1-c1cccc(Br)c1. The van der Waals surface area contributed by atoms with Gasteiger partial charge >= 0.3 is 0 Å². The summed E-state index contributed by atoms with van der Waals surface area (Å²) >= 11 is 5.31. The van der Waals surface area contributed by atoms with Gasteiger partial charge in [0.25, 0.3) is 0 Å². The Bertz CT molecular complexity index is 642. The van der Waals surface area contributed by atoms with E-state index in [4.69, 9.17) is 10.7 Å². The van der Waals surface area contributed by atoms with Crippen molar-refractivity contribution in [2.24, 2.45) is 11.7 Å². The van der Waals surface area contributed by atoms with Gasteiger partial charge in [-0.15, -0.1) is 11.3 Å². The number of thiazole rings is 1. The normalized spacial score (nSPS) is 26.0. The van der Waals surface area contributed by atoms with Gasteiger partial charge in [0.1, 0.15) is 5.01 Å². The van der Waals surface area contributed by atoms with Crippen molar-refractivity contribution in [1.82, 2.24) is 4.98 Å². The third-order valence-electron chi connectivity index (χ3n) is 4.49. The molecule has 0 amide bonds. The average Bonchev–Trinajstić information content (AvgIpc) is 2.85. The number of halogens is 1. The van der Waals surface area contributed by atoms with Gasteiger partial charge in [0, 0.05) is 14.9 Å². The van der Waals surface area contributed by atoms with E-state index in [0.29, 0.717) is 0 Å². The van der Waals surface area contributed by atoms with Crippen LogP contribution in [0.3, 0.4) is 0 Å². The molecule has 1 aliphatic rings. The zero-order valence-electron chi connectivity index (χ0n) is 12.5. The van der Waals surface area contributed by atoms with Crippen LogP contribution in [0.25, 0.3) is 11.3 Å². The van der Waals surface area contributed by atoms with Crippen molar-refractivity contribution >= 4 is 27.3 Å². The summed E-state index contributed by atoms with van der Waals surface area (Å²) in [6, 6.07) is 8.33. The van der Waals surface area contributed by atoms with Crippen molar-refractivity contribution in [3.63, 3.8) is 0 Å². The third-order valence-corrected chi connectivity index (χ3v) is 6.17. The maximum Gasteiger partial charge on any atom is 0.113 e. The molecule has 0 aliphatic heterocycles. The molecule has 1 aromatic heterocycles. The summed E-state index contributed by atoms with van der Waals surface area (Å²) in [4.78, 5) is 6.17. The summed E-state index contributed by atoms with van der Waals surface area (Å²) in [5.74, 6) is 0.798. The van der Waals surface area contributed by atoms with Gasteiger partial charge in [0.2, 0.25) is 0 Å². The minimum atomic E-state index is -0.216. The molecule has 112 valence electrons. The molecule has 4 heteroatoms. The predicted molar refractivity (Wildman–Crippen MR) is 93.5 cm³/mol. The van der Waals surface area contributed by atoms with Crippen LogP contribution in [0.4, 0.5) is 0 Å². The second-order valence-corrected chi connectivity index (χ2v) is 8.39. The molecule has 1 fully saturated rings. The minimum Gasteiger partial charge on any atom is -0.319 e. The first-order valence-electron chi connectivity index (χ1n) is 7.51. The highest BCUT2D eigenvalue weighted by molar-refractivity contribution is 9.10. The van der Waals surface area contributed by atoms with Gasteiger partial charge in [-0.25, -0.2) is 4.98 Å². The van der Waals surface area contributed by atoms with Gasteiger partial charge in [0.05, 0.1) is 11.2 Å². The van der Waals surface area contributed by atoms with E-state index in [0.717, 1.165) is 39.5 Å². The van der Waals surface area contributed by atoms with Crippen LogP contribution >= 0.6 is 27.3 Å². The number of aromatic nitrogens is 1. The Balaban J connectivity index is 1.94. The average molecular weight is 365 g/mol. The largest absolute Gasteiger partial charge is 0.319 e. The van der Waals surface area contributed by atoms with E-state index in [1.54, 1.807) is 11.3 Å². The standard InChI is InChI=1S/C17H21BrN2S/c1-11-6-8-17(19,9-7-11)16-20-15(12(2)21-16)13-4-3-5-14(18)10-13/h3-5,10-11H,6-9,19H2,1-2H3. The Morgan fingerprint density at radius 3 is 2.71 bits per heavy atom. The van der Waals surface area contributed by atoms with Gasteiger partial charge in [-0.2, -0.15) is 0 Å². The Kier molecular flexibility index (Phi) is 4.21. The Hall–Kier alpha value is -0.710. The van der Waals surface area contributed by atoms with Crippen LogP contribution in [0.5, 0.6) is 0 Å². The number of benzene rings is 1. The lowest BCUT2D eigenvalue weighted by molar-refractivity contribution is 0.247. The molecule has 3 rings (SSSR count). The highest BCUT2D eigenvalue weighted by Gasteiger charge is 2.35. The molecule has 2 nitrogen and oxygen atoms in total. The van der Waals surface area contributed by atoms with Crippen molar-refractivity contribution < 1.29 is 0 Å². The lowest BCUT2D eigenvalue weighted by Gasteiger charge is -2.34. The molecular weight excluding hydrogens is 344 g/mol. The molecule has 2 aromatic rings. The molecule has 0 saturated heterocycles. The number of hydrogen-bond donors (Lipinski definition) is 1. The second kappa shape index (κ2) is 5.82. The fraction of sp³-hybridized carbons (Fsp3) is 0.471. The second-order valence-electron chi connectivity index (χ2n) is 6.27. The van der Waals surface area contributed by atoms with Gasteiger partial charge in [-0.05, 0) is 50.7 Å². The minimum absolute atomic E-state index is 0.216. The number of nitrogens with zero attached hydrogens (tertiary/aromatic N) is 1. The van der Waals surface area contributed by atoms with Crippen LogP contribution in [0, 0.1) is 12.8 Å². The van der Waals surface area contributed by atoms with Gasteiger partial charge in [0.15, 0.2) is 0 Å². The molecule has 1 saturated carbocycles. The molecule has 0 unspecified atom stereocenters. The van der Waals surface area contributed by atoms with Crippen molar-refractivity contribution in [3.05, 3.63) is 38.6 Å². The maximum atomic E-state index is 6.67. The van der Waals surface area contributed by atoms with E-state index in [1.165, 1.54) is 17.7 Å². The van der Waals surface area contributed by atoms with Crippen LogP contribution in [-0.2, 0) is 5.54 Å². The summed E-state index contributed by atoms with van der Waals surface area (Å²) in [6.07, 6.45) is 4.53. The number of rotatable bonds is 2. The molecule has 1 aliphatic carbocycles. The number of nitrogens with two attached hydrogens (primary N) is 1. The van der Waals surface area contributed by atoms with Crippen LogP contribution in [0.15, 0.2) is 28.7 Å². The molecular formula is C17H21BrN2S. The lowest BCUT2D eigenvalue weighted by Crippen LogP contribution is -2.40. The smallest absolute Gasteiger partial charge is 0.113 e. The highest BCUT2D eigenvalue weighted by Crippen LogP contribution is 2.41. The monoisotopic (exact) mass is 364 g/mol. The van der Waals surface area contributed by atoms with Crippen LogP contribution < -0.4 is 5.73 Å². The van der Waals surface area contributed by atoms with E-state index in [9.17, 15) is 0 Å². The fourth-order valence-electron chi connectivity index (χ4n) is 3.00. The van der Waals surface area contributed by atoms with Crippen molar-refractivity contribution in [3.8, 4) is 11.3 Å². The van der Waals surface area contributed by atoms with E-state index in [2.05, 4.69) is 48.0 Å². The van der Waals surface area contributed by atoms with Crippen molar-refractivity contribution in [1.29, 1.82) is 0 Å². The summed E-state index contributed by atoms with van der Waals surface area (Å²) in [5, 5.41) is 1.11. The third kappa shape index (κ3) is 3.08. The highest BCUT2D eigenvalue weighted by atomic mass is 79.9. The lowest BCUT2D eigenvalue weighted by atomic mass is 9.78. The van der Waals surface area contributed by atoms with Gasteiger partial charge in [-0.1, -0.05) is 35.0 Å². The molecule has 0 bridgehead atoms. The number of hydrogen-bond acceptors (Lipinski definition) is 3. The molecule has 0 spiro atoms. The van der Waals surface area contributed by atoms with E-state index in [-0.39, 0.29) is 5.54 Å². The Morgan fingerprint density at radius 1 is 1.33 bits per heavy atom. The molecule has 1 heterocycles. The maximum absolute atomic E-state index is 6.67. The van der Waals surface area contributed by atoms with Crippen LogP contribution in [0.2, 0.25) is 0 Å². The Morgan fingerprint density at radius 2 is 2.05 bits per heavy atom. The van der Waals surface area contributed by atoms with Crippen LogP contribution in [0.1, 0.15) is 42.5 Å². The first-order chi connectivity index (χ1) is 9.98. The molecule has 0 atom stereocenters. The fourth-order valence-corrected chi connectivity index (χ4v) is 4.50. The molecule has 0 radical (unpaired) electrons. The summed E-state index contributed by atoms with van der Waals surface area (Å²) in [5.41, 5.74) is 8.70. The topological polar surface area (TPSA) is 38.9 Å². The van der Waals surface area contributed by atoms with Gasteiger partial charge < -0.3 is 5.73 Å². The number of aryl methyl sites for hydroxylation is 1. The molecule has 2 N–H and O–H groups in total. The zero-order chi connectivity index (χ0) is 15.0. The zero-order valence-corrected chi connectivity index (χ0v) is 14.9. The summed E-state index contributed by atoms with van der Waals surface area (Å²) < 4.78 is 1.09.